The van der Waals surface area contributed by atoms with E-state index in [0.29, 0.717) is 24.5 Å². The van der Waals surface area contributed by atoms with Gasteiger partial charge in [-0.2, -0.15) is 0 Å². The van der Waals surface area contributed by atoms with Crippen molar-refractivity contribution in [1.82, 2.24) is 5.32 Å². The van der Waals surface area contributed by atoms with Gasteiger partial charge in [0.15, 0.2) is 0 Å². The molecule has 0 heterocycles. The summed E-state index contributed by atoms with van der Waals surface area (Å²) in [5.74, 6) is 0.662. The van der Waals surface area contributed by atoms with E-state index in [1.807, 2.05) is 32.0 Å². The number of hydrogen-bond acceptors (Lipinski definition) is 3. The van der Waals surface area contributed by atoms with Crippen LogP contribution in [0.1, 0.15) is 18.1 Å². The van der Waals surface area contributed by atoms with Gasteiger partial charge >= 0.3 is 6.03 Å². The standard InChI is InChI=1S/C19H23N3O3/c1-13-7-8-14(2)18(11-13)25-10-9-20-19(24)22-17-6-4-5-16(12-17)21-15(3)23/h4-8,11-12H,9-10H2,1-3H3,(H,21,23)(H2,20,22,24). The molecule has 6 nitrogen and oxygen atoms in total. The van der Waals surface area contributed by atoms with Crippen LogP contribution < -0.4 is 20.7 Å². The van der Waals surface area contributed by atoms with Crippen LogP contribution in [-0.4, -0.2) is 25.1 Å². The lowest BCUT2D eigenvalue weighted by molar-refractivity contribution is -0.114. The van der Waals surface area contributed by atoms with Crippen molar-refractivity contribution in [2.24, 2.45) is 0 Å². The summed E-state index contributed by atoms with van der Waals surface area (Å²) in [4.78, 5) is 23.0. The van der Waals surface area contributed by atoms with E-state index in [0.717, 1.165) is 16.9 Å². The minimum Gasteiger partial charge on any atom is -0.491 e. The van der Waals surface area contributed by atoms with Gasteiger partial charge < -0.3 is 20.7 Å². The zero-order chi connectivity index (χ0) is 18.2. The third-order valence-corrected chi connectivity index (χ3v) is 3.43. The zero-order valence-corrected chi connectivity index (χ0v) is 14.7. The first-order valence-corrected chi connectivity index (χ1v) is 8.06. The van der Waals surface area contributed by atoms with E-state index in [4.69, 9.17) is 4.74 Å². The van der Waals surface area contributed by atoms with Gasteiger partial charge in [0.25, 0.3) is 0 Å². The molecule has 0 aromatic heterocycles. The number of rotatable bonds is 6. The maximum absolute atomic E-state index is 11.9. The van der Waals surface area contributed by atoms with E-state index in [2.05, 4.69) is 16.0 Å². The second-order valence-corrected chi connectivity index (χ2v) is 5.76. The van der Waals surface area contributed by atoms with Crippen LogP contribution in [-0.2, 0) is 4.79 Å². The third kappa shape index (κ3) is 6.18. The Morgan fingerprint density at radius 3 is 2.44 bits per heavy atom. The van der Waals surface area contributed by atoms with Crippen LogP contribution in [0.5, 0.6) is 5.75 Å². The molecule has 0 bridgehead atoms. The smallest absolute Gasteiger partial charge is 0.319 e. The van der Waals surface area contributed by atoms with Gasteiger partial charge in [0.05, 0.1) is 6.54 Å². The number of nitrogens with one attached hydrogen (secondary N) is 3. The fraction of sp³-hybridized carbons (Fsp3) is 0.263. The van der Waals surface area contributed by atoms with E-state index in [9.17, 15) is 9.59 Å². The summed E-state index contributed by atoms with van der Waals surface area (Å²) < 4.78 is 5.69. The number of amides is 3. The quantitative estimate of drug-likeness (QED) is 0.704. The highest BCUT2D eigenvalue weighted by Gasteiger charge is 2.04. The van der Waals surface area contributed by atoms with Crippen LogP contribution >= 0.6 is 0 Å². The fourth-order valence-electron chi connectivity index (χ4n) is 2.24. The van der Waals surface area contributed by atoms with Crippen LogP contribution in [0.2, 0.25) is 0 Å². The molecule has 0 radical (unpaired) electrons. The molecule has 0 saturated carbocycles. The highest BCUT2D eigenvalue weighted by atomic mass is 16.5. The molecule has 0 aliphatic rings. The van der Waals surface area contributed by atoms with Gasteiger partial charge in [0.1, 0.15) is 12.4 Å². The van der Waals surface area contributed by atoms with Gasteiger partial charge in [0, 0.05) is 18.3 Å². The number of urea groups is 1. The monoisotopic (exact) mass is 341 g/mol. The molecule has 2 aromatic rings. The Balaban J connectivity index is 1.77. The molecule has 25 heavy (non-hydrogen) atoms. The van der Waals surface area contributed by atoms with Gasteiger partial charge in [-0.15, -0.1) is 0 Å². The number of aryl methyl sites for hydroxylation is 2. The van der Waals surface area contributed by atoms with Crippen molar-refractivity contribution in [3.63, 3.8) is 0 Å². The molecule has 0 aliphatic carbocycles. The van der Waals surface area contributed by atoms with Crippen LogP contribution in [0.15, 0.2) is 42.5 Å². The number of hydrogen-bond donors (Lipinski definition) is 3. The lowest BCUT2D eigenvalue weighted by atomic mass is 10.1. The number of anilines is 2. The summed E-state index contributed by atoms with van der Waals surface area (Å²) in [7, 11) is 0. The Morgan fingerprint density at radius 2 is 1.72 bits per heavy atom. The van der Waals surface area contributed by atoms with Crippen LogP contribution in [0, 0.1) is 13.8 Å². The van der Waals surface area contributed by atoms with Gasteiger partial charge in [-0.1, -0.05) is 18.2 Å². The molecule has 2 rings (SSSR count). The predicted molar refractivity (Wildman–Crippen MR) is 99.2 cm³/mol. The Morgan fingerprint density at radius 1 is 1.00 bits per heavy atom. The Labute approximate surface area is 147 Å². The number of benzene rings is 2. The first-order chi connectivity index (χ1) is 11.9. The highest BCUT2D eigenvalue weighted by molar-refractivity contribution is 5.92. The molecule has 6 heteroatoms. The molecule has 0 fully saturated rings. The average molecular weight is 341 g/mol. The van der Waals surface area contributed by atoms with E-state index in [1.54, 1.807) is 24.3 Å². The Bertz CT molecular complexity index is 759. The molecule has 0 saturated heterocycles. The number of carbonyl (C=O) groups excluding carboxylic acids is 2. The summed E-state index contributed by atoms with van der Waals surface area (Å²) in [5.41, 5.74) is 3.41. The average Bonchev–Trinajstić information content (AvgIpc) is 2.54. The van der Waals surface area contributed by atoms with Crippen molar-refractivity contribution >= 4 is 23.3 Å². The molecule has 0 aliphatic heterocycles. The van der Waals surface area contributed by atoms with Crippen LogP contribution in [0.3, 0.4) is 0 Å². The van der Waals surface area contributed by atoms with Crippen LogP contribution in [0.25, 0.3) is 0 Å². The lowest BCUT2D eigenvalue weighted by Crippen LogP contribution is -2.32. The second kappa shape index (κ2) is 8.73. The van der Waals surface area contributed by atoms with Crippen molar-refractivity contribution < 1.29 is 14.3 Å². The van der Waals surface area contributed by atoms with Gasteiger partial charge in [-0.3, -0.25) is 4.79 Å². The number of carbonyl (C=O) groups is 2. The summed E-state index contributed by atoms with van der Waals surface area (Å²) >= 11 is 0. The largest absolute Gasteiger partial charge is 0.491 e. The number of ether oxygens (including phenoxy) is 1. The van der Waals surface area contributed by atoms with E-state index >= 15 is 0 Å². The molecule has 0 unspecified atom stereocenters. The van der Waals surface area contributed by atoms with Crippen LogP contribution in [0.4, 0.5) is 16.2 Å². The highest BCUT2D eigenvalue weighted by Crippen LogP contribution is 2.18. The van der Waals surface area contributed by atoms with Crippen molar-refractivity contribution in [2.75, 3.05) is 23.8 Å². The maximum atomic E-state index is 11.9. The second-order valence-electron chi connectivity index (χ2n) is 5.76. The normalized spacial score (nSPS) is 10.0. The molecular weight excluding hydrogens is 318 g/mol. The lowest BCUT2D eigenvalue weighted by Gasteiger charge is -2.12. The summed E-state index contributed by atoms with van der Waals surface area (Å²) in [5, 5.41) is 8.12. The Hall–Kier alpha value is -3.02. The van der Waals surface area contributed by atoms with E-state index < -0.39 is 0 Å². The first kappa shape index (κ1) is 18.3. The molecule has 0 atom stereocenters. The summed E-state index contributed by atoms with van der Waals surface area (Å²) in [6, 6.07) is 12.6. The molecule has 3 N–H and O–H groups in total. The minimum absolute atomic E-state index is 0.162. The van der Waals surface area contributed by atoms with E-state index in [1.165, 1.54) is 6.92 Å². The molecule has 2 aromatic carbocycles. The SMILES string of the molecule is CC(=O)Nc1cccc(NC(=O)NCCOc2cc(C)ccc2C)c1. The maximum Gasteiger partial charge on any atom is 0.319 e. The summed E-state index contributed by atoms with van der Waals surface area (Å²) in [6.07, 6.45) is 0. The zero-order valence-electron chi connectivity index (χ0n) is 14.7. The first-order valence-electron chi connectivity index (χ1n) is 8.06. The van der Waals surface area contributed by atoms with Gasteiger partial charge in [-0.25, -0.2) is 4.79 Å². The summed E-state index contributed by atoms with van der Waals surface area (Å²) in [6.45, 7) is 6.18. The third-order valence-electron chi connectivity index (χ3n) is 3.43. The molecule has 3 amide bonds. The van der Waals surface area contributed by atoms with Crippen molar-refractivity contribution in [2.45, 2.75) is 20.8 Å². The topological polar surface area (TPSA) is 79.5 Å². The fourth-order valence-corrected chi connectivity index (χ4v) is 2.24. The molecule has 132 valence electrons. The van der Waals surface area contributed by atoms with Gasteiger partial charge in [-0.05, 0) is 49.2 Å². The van der Waals surface area contributed by atoms with Crippen molar-refractivity contribution in [3.8, 4) is 5.75 Å². The van der Waals surface area contributed by atoms with Crippen molar-refractivity contribution in [1.29, 1.82) is 0 Å². The van der Waals surface area contributed by atoms with E-state index in [-0.39, 0.29) is 11.9 Å². The predicted octanol–water partition coefficient (Wildman–Crippen LogP) is 3.46. The van der Waals surface area contributed by atoms with Crippen molar-refractivity contribution in [3.05, 3.63) is 53.6 Å². The minimum atomic E-state index is -0.329. The Kier molecular flexibility index (Phi) is 6.39. The van der Waals surface area contributed by atoms with Gasteiger partial charge in [0.2, 0.25) is 5.91 Å². The molecular formula is C19H23N3O3. The molecule has 0 spiro atoms.